The van der Waals surface area contributed by atoms with Gasteiger partial charge >= 0.3 is 0 Å². The lowest BCUT2D eigenvalue weighted by molar-refractivity contribution is 0.460. The van der Waals surface area contributed by atoms with Crippen molar-refractivity contribution in [3.63, 3.8) is 0 Å². The lowest BCUT2D eigenvalue weighted by atomic mass is 10.1. The highest BCUT2D eigenvalue weighted by atomic mass is 79.9. The molecule has 2 N–H and O–H groups in total. The molecule has 0 aliphatic heterocycles. The van der Waals surface area contributed by atoms with Gasteiger partial charge in [-0.15, -0.1) is 0 Å². The van der Waals surface area contributed by atoms with E-state index in [-0.39, 0.29) is 0 Å². The zero-order chi connectivity index (χ0) is 11.8. The summed E-state index contributed by atoms with van der Waals surface area (Å²) in [5.74, 6) is 0.409. The van der Waals surface area contributed by atoms with E-state index in [1.165, 1.54) is 0 Å². The molecule has 0 unspecified atom stereocenters. The predicted molar refractivity (Wildman–Crippen MR) is 67.5 cm³/mol. The normalized spacial score (nSPS) is 11.1. The smallest absolute Gasteiger partial charge is 0.174 e. The van der Waals surface area contributed by atoms with E-state index in [0.717, 1.165) is 15.4 Å². The first-order valence-electron chi connectivity index (χ1n) is 5.05. The number of anilines is 1. The molecular weight excluding hydrogens is 284 g/mol. The van der Waals surface area contributed by atoms with Crippen molar-refractivity contribution in [3.05, 3.63) is 40.6 Å². The number of halogens is 1. The lowest BCUT2D eigenvalue weighted by Gasteiger charge is -2.04. The topological polar surface area (TPSA) is 69.9 Å². The monoisotopic (exact) mass is 292 g/mol. The number of nitrogen functional groups attached to an aromatic ring is 1. The fourth-order valence-corrected chi connectivity index (χ4v) is 2.18. The van der Waals surface area contributed by atoms with Gasteiger partial charge in [0, 0.05) is 16.9 Å². The molecule has 1 aromatic carbocycles. The molecule has 0 saturated carbocycles. The van der Waals surface area contributed by atoms with Crippen LogP contribution in [0.3, 0.4) is 0 Å². The summed E-state index contributed by atoms with van der Waals surface area (Å²) in [4.78, 5) is 0. The first-order valence-corrected chi connectivity index (χ1v) is 5.84. The van der Waals surface area contributed by atoms with Gasteiger partial charge in [-0.2, -0.15) is 5.10 Å². The van der Waals surface area contributed by atoms with Gasteiger partial charge in [-0.1, -0.05) is 21.1 Å². The van der Waals surface area contributed by atoms with Crippen LogP contribution in [0.5, 0.6) is 0 Å². The van der Waals surface area contributed by atoms with E-state index in [1.54, 1.807) is 6.20 Å². The highest BCUT2D eigenvalue weighted by molar-refractivity contribution is 9.10. The van der Waals surface area contributed by atoms with E-state index in [9.17, 15) is 0 Å². The SMILES string of the molecule is Nc1noc2cc(Cn3cccn3)c(Br)cc12. The number of benzene rings is 1. The average Bonchev–Trinajstić information content (AvgIpc) is 2.92. The zero-order valence-electron chi connectivity index (χ0n) is 8.80. The van der Waals surface area contributed by atoms with Gasteiger partial charge in [0.1, 0.15) is 0 Å². The second-order valence-electron chi connectivity index (χ2n) is 3.71. The number of hydrogen-bond donors (Lipinski definition) is 1. The van der Waals surface area contributed by atoms with Crippen molar-refractivity contribution in [2.24, 2.45) is 0 Å². The molecule has 2 aromatic heterocycles. The molecule has 5 nitrogen and oxygen atoms in total. The molecular formula is C11H9BrN4O. The van der Waals surface area contributed by atoms with Gasteiger partial charge < -0.3 is 10.3 Å². The molecule has 0 atom stereocenters. The van der Waals surface area contributed by atoms with Gasteiger partial charge in [0.05, 0.1) is 11.9 Å². The number of nitrogens with zero attached hydrogens (tertiary/aromatic N) is 3. The van der Waals surface area contributed by atoms with Gasteiger partial charge in [-0.3, -0.25) is 4.68 Å². The summed E-state index contributed by atoms with van der Waals surface area (Å²) >= 11 is 3.52. The Bertz CT molecular complexity index is 659. The molecule has 3 rings (SSSR count). The number of aromatic nitrogens is 3. The standard InChI is InChI=1S/C11H9BrN4O/c12-9-5-8-10(17-15-11(8)13)4-7(9)6-16-3-1-2-14-16/h1-5H,6H2,(H2,13,15). The van der Waals surface area contributed by atoms with Crippen LogP contribution < -0.4 is 5.73 Å². The summed E-state index contributed by atoms with van der Waals surface area (Å²) < 4.78 is 7.94. The molecule has 0 spiro atoms. The zero-order valence-corrected chi connectivity index (χ0v) is 10.4. The molecule has 2 heterocycles. The maximum atomic E-state index is 5.69. The molecule has 0 saturated heterocycles. The third-order valence-corrected chi connectivity index (χ3v) is 3.30. The minimum atomic E-state index is 0.409. The number of rotatable bonds is 2. The minimum Gasteiger partial charge on any atom is -0.380 e. The van der Waals surface area contributed by atoms with Gasteiger partial charge in [0.25, 0.3) is 0 Å². The summed E-state index contributed by atoms with van der Waals surface area (Å²) in [5.41, 5.74) is 7.44. The molecule has 17 heavy (non-hydrogen) atoms. The van der Waals surface area contributed by atoms with Crippen molar-refractivity contribution in [2.45, 2.75) is 6.54 Å². The van der Waals surface area contributed by atoms with Crippen LogP contribution in [0.25, 0.3) is 11.0 Å². The summed E-state index contributed by atoms with van der Waals surface area (Å²) in [6.45, 7) is 0.671. The average molecular weight is 293 g/mol. The van der Waals surface area contributed by atoms with E-state index in [0.29, 0.717) is 17.9 Å². The maximum Gasteiger partial charge on any atom is 0.174 e. The van der Waals surface area contributed by atoms with Crippen LogP contribution in [-0.4, -0.2) is 14.9 Å². The first kappa shape index (κ1) is 10.3. The van der Waals surface area contributed by atoms with E-state index in [2.05, 4.69) is 26.2 Å². The highest BCUT2D eigenvalue weighted by Gasteiger charge is 2.10. The van der Waals surface area contributed by atoms with Crippen molar-refractivity contribution in [1.82, 2.24) is 14.9 Å². The Balaban J connectivity index is 2.07. The van der Waals surface area contributed by atoms with Crippen molar-refractivity contribution in [1.29, 1.82) is 0 Å². The third-order valence-electron chi connectivity index (χ3n) is 2.56. The van der Waals surface area contributed by atoms with E-state index >= 15 is 0 Å². The summed E-state index contributed by atoms with van der Waals surface area (Å²) in [7, 11) is 0. The van der Waals surface area contributed by atoms with Gasteiger partial charge in [-0.05, 0) is 23.8 Å². The summed E-state index contributed by atoms with van der Waals surface area (Å²) in [6.07, 6.45) is 3.66. The third kappa shape index (κ3) is 1.80. The summed E-state index contributed by atoms with van der Waals surface area (Å²) in [6, 6.07) is 5.73. The minimum absolute atomic E-state index is 0.409. The summed E-state index contributed by atoms with van der Waals surface area (Å²) in [5, 5.41) is 8.72. The molecule has 0 amide bonds. The Labute approximate surface area is 105 Å². The molecule has 0 aliphatic carbocycles. The van der Waals surface area contributed by atoms with Gasteiger partial charge in [0.2, 0.25) is 0 Å². The van der Waals surface area contributed by atoms with Gasteiger partial charge in [-0.25, -0.2) is 0 Å². The number of hydrogen-bond acceptors (Lipinski definition) is 4. The van der Waals surface area contributed by atoms with Crippen molar-refractivity contribution >= 4 is 32.7 Å². The van der Waals surface area contributed by atoms with Crippen LogP contribution in [0.1, 0.15) is 5.56 Å². The van der Waals surface area contributed by atoms with Crippen LogP contribution in [0.4, 0.5) is 5.82 Å². The fraction of sp³-hybridized carbons (Fsp3) is 0.0909. The Morgan fingerprint density at radius 3 is 3.06 bits per heavy atom. The molecule has 86 valence electrons. The number of nitrogens with two attached hydrogens (primary N) is 1. The van der Waals surface area contributed by atoms with Crippen LogP contribution in [-0.2, 0) is 6.54 Å². The first-order chi connectivity index (χ1) is 8.24. The quantitative estimate of drug-likeness (QED) is 0.787. The Hall–Kier alpha value is -1.82. The lowest BCUT2D eigenvalue weighted by Crippen LogP contribution is -2.00. The maximum absolute atomic E-state index is 5.69. The molecule has 0 radical (unpaired) electrons. The van der Waals surface area contributed by atoms with E-state index in [4.69, 9.17) is 10.3 Å². The highest BCUT2D eigenvalue weighted by Crippen LogP contribution is 2.28. The predicted octanol–water partition coefficient (Wildman–Crippen LogP) is 2.42. The van der Waals surface area contributed by atoms with Crippen LogP contribution in [0, 0.1) is 0 Å². The Morgan fingerprint density at radius 2 is 2.29 bits per heavy atom. The Kier molecular flexibility index (Phi) is 2.36. The van der Waals surface area contributed by atoms with Crippen molar-refractivity contribution in [3.8, 4) is 0 Å². The van der Waals surface area contributed by atoms with Crippen molar-refractivity contribution in [2.75, 3.05) is 5.73 Å². The van der Waals surface area contributed by atoms with Crippen LogP contribution >= 0.6 is 15.9 Å². The largest absolute Gasteiger partial charge is 0.380 e. The molecule has 0 aliphatic rings. The second kappa shape index (κ2) is 3.89. The van der Waals surface area contributed by atoms with E-state index < -0.39 is 0 Å². The Morgan fingerprint density at radius 1 is 1.41 bits per heavy atom. The second-order valence-corrected chi connectivity index (χ2v) is 4.57. The number of fused-ring (bicyclic) bond motifs is 1. The molecule has 0 bridgehead atoms. The molecule has 3 aromatic rings. The van der Waals surface area contributed by atoms with Crippen molar-refractivity contribution < 1.29 is 4.52 Å². The van der Waals surface area contributed by atoms with Crippen LogP contribution in [0.15, 0.2) is 39.6 Å². The molecule has 6 heteroatoms. The molecule has 0 fully saturated rings. The van der Waals surface area contributed by atoms with Crippen LogP contribution in [0.2, 0.25) is 0 Å². The van der Waals surface area contributed by atoms with E-state index in [1.807, 2.05) is 29.1 Å². The van der Waals surface area contributed by atoms with Gasteiger partial charge in [0.15, 0.2) is 11.4 Å². The fourth-order valence-electron chi connectivity index (χ4n) is 1.71.